The van der Waals surface area contributed by atoms with Gasteiger partial charge in [-0.25, -0.2) is 0 Å². The normalized spacial score (nSPS) is 16.2. The van der Waals surface area contributed by atoms with E-state index in [1.54, 1.807) is 6.92 Å². The minimum absolute atomic E-state index is 0.136. The van der Waals surface area contributed by atoms with Gasteiger partial charge in [-0.3, -0.25) is 4.79 Å². The maximum absolute atomic E-state index is 11.4. The number of hydrogen-bond acceptors (Lipinski definition) is 3. The van der Waals surface area contributed by atoms with Crippen LogP contribution in [0.3, 0.4) is 0 Å². The van der Waals surface area contributed by atoms with Gasteiger partial charge in [0.1, 0.15) is 0 Å². The first-order chi connectivity index (χ1) is 7.68. The molecule has 0 bridgehead atoms. The lowest BCUT2D eigenvalue weighted by Crippen LogP contribution is -2.43. The smallest absolute Gasteiger partial charge is 0.159 e. The number of piperazine rings is 1. The molecule has 0 saturated carbocycles. The molecule has 86 valence electrons. The van der Waals surface area contributed by atoms with Crippen molar-refractivity contribution in [2.24, 2.45) is 0 Å². The fourth-order valence-corrected chi connectivity index (χ4v) is 2.07. The second-order valence-corrected chi connectivity index (χ2v) is 4.29. The van der Waals surface area contributed by atoms with Crippen molar-refractivity contribution in [2.75, 3.05) is 31.1 Å². The molecule has 3 nitrogen and oxygen atoms in total. The van der Waals surface area contributed by atoms with Crippen LogP contribution in [0.5, 0.6) is 0 Å². The largest absolute Gasteiger partial charge is 0.369 e. The molecule has 1 aromatic rings. The van der Waals surface area contributed by atoms with Crippen molar-refractivity contribution in [2.45, 2.75) is 13.8 Å². The number of carbonyl (C=O) groups is 1. The molecular weight excluding hydrogens is 200 g/mol. The van der Waals surface area contributed by atoms with Gasteiger partial charge in [0.25, 0.3) is 0 Å². The van der Waals surface area contributed by atoms with Gasteiger partial charge >= 0.3 is 0 Å². The standard InChI is InChI=1S/C13H18N2O/c1-10-3-4-12(11(2)16)9-13(10)15-7-5-14-6-8-15/h3-4,9,14H,5-8H2,1-2H3. The molecule has 1 saturated heterocycles. The summed E-state index contributed by atoms with van der Waals surface area (Å²) in [5.41, 5.74) is 3.25. The third kappa shape index (κ3) is 2.25. The molecule has 0 amide bonds. The number of anilines is 1. The van der Waals surface area contributed by atoms with Crippen molar-refractivity contribution in [1.29, 1.82) is 0 Å². The van der Waals surface area contributed by atoms with E-state index in [-0.39, 0.29) is 5.78 Å². The van der Waals surface area contributed by atoms with Crippen molar-refractivity contribution in [1.82, 2.24) is 5.32 Å². The maximum atomic E-state index is 11.4. The summed E-state index contributed by atoms with van der Waals surface area (Å²) in [5.74, 6) is 0.136. The molecule has 1 aliphatic rings. The van der Waals surface area contributed by atoms with Crippen molar-refractivity contribution in [3.63, 3.8) is 0 Å². The second-order valence-electron chi connectivity index (χ2n) is 4.29. The van der Waals surface area contributed by atoms with Gasteiger partial charge in [-0.05, 0) is 25.5 Å². The average molecular weight is 218 g/mol. The van der Waals surface area contributed by atoms with Gasteiger partial charge in [0.2, 0.25) is 0 Å². The minimum atomic E-state index is 0.136. The fraction of sp³-hybridized carbons (Fsp3) is 0.462. The van der Waals surface area contributed by atoms with E-state index in [1.165, 1.54) is 11.3 Å². The first kappa shape index (κ1) is 11.1. The zero-order valence-corrected chi connectivity index (χ0v) is 9.92. The predicted octanol–water partition coefficient (Wildman–Crippen LogP) is 1.61. The van der Waals surface area contributed by atoms with E-state index >= 15 is 0 Å². The molecule has 1 heterocycles. The summed E-state index contributed by atoms with van der Waals surface area (Å²) in [6, 6.07) is 5.96. The summed E-state index contributed by atoms with van der Waals surface area (Å²) in [4.78, 5) is 13.7. The van der Waals surface area contributed by atoms with E-state index < -0.39 is 0 Å². The summed E-state index contributed by atoms with van der Waals surface area (Å²) in [6.45, 7) is 7.78. The molecule has 16 heavy (non-hydrogen) atoms. The lowest BCUT2D eigenvalue weighted by Gasteiger charge is -2.31. The summed E-state index contributed by atoms with van der Waals surface area (Å²) >= 11 is 0. The number of benzene rings is 1. The minimum Gasteiger partial charge on any atom is -0.369 e. The highest BCUT2D eigenvalue weighted by molar-refractivity contribution is 5.95. The maximum Gasteiger partial charge on any atom is 0.159 e. The molecule has 3 heteroatoms. The molecular formula is C13H18N2O. The molecule has 2 rings (SSSR count). The summed E-state index contributed by atoms with van der Waals surface area (Å²) in [7, 11) is 0. The summed E-state index contributed by atoms with van der Waals surface area (Å²) in [6.07, 6.45) is 0. The van der Waals surface area contributed by atoms with E-state index in [0.29, 0.717) is 0 Å². The van der Waals surface area contributed by atoms with Crippen molar-refractivity contribution >= 4 is 11.5 Å². The monoisotopic (exact) mass is 218 g/mol. The topological polar surface area (TPSA) is 32.3 Å². The molecule has 0 aliphatic carbocycles. The molecule has 1 fully saturated rings. The molecule has 0 unspecified atom stereocenters. The number of Topliss-reactive ketones (excluding diaryl/α,β-unsaturated/α-hetero) is 1. The van der Waals surface area contributed by atoms with E-state index in [4.69, 9.17) is 0 Å². The van der Waals surface area contributed by atoms with Crippen LogP contribution in [0.1, 0.15) is 22.8 Å². The number of nitrogens with zero attached hydrogens (tertiary/aromatic N) is 1. The number of rotatable bonds is 2. The third-order valence-corrected chi connectivity index (χ3v) is 3.07. The Morgan fingerprint density at radius 1 is 1.31 bits per heavy atom. The van der Waals surface area contributed by atoms with Crippen LogP contribution in [0.2, 0.25) is 0 Å². The number of carbonyl (C=O) groups excluding carboxylic acids is 1. The van der Waals surface area contributed by atoms with Crippen LogP contribution < -0.4 is 10.2 Å². The molecule has 1 N–H and O–H groups in total. The van der Waals surface area contributed by atoms with Gasteiger partial charge < -0.3 is 10.2 Å². The molecule has 1 aliphatic heterocycles. The van der Waals surface area contributed by atoms with Crippen molar-refractivity contribution in [3.8, 4) is 0 Å². The van der Waals surface area contributed by atoms with Gasteiger partial charge in [0.05, 0.1) is 0 Å². The Balaban J connectivity index is 2.30. The van der Waals surface area contributed by atoms with Crippen molar-refractivity contribution in [3.05, 3.63) is 29.3 Å². The molecule has 0 atom stereocenters. The van der Waals surface area contributed by atoms with Crippen LogP contribution in [-0.2, 0) is 0 Å². The van der Waals surface area contributed by atoms with E-state index in [2.05, 4.69) is 17.1 Å². The fourth-order valence-electron chi connectivity index (χ4n) is 2.07. The number of ketones is 1. The SMILES string of the molecule is CC(=O)c1ccc(C)c(N2CCNCC2)c1. The Kier molecular flexibility index (Phi) is 3.25. The molecule has 0 spiro atoms. The molecule has 0 aromatic heterocycles. The Morgan fingerprint density at radius 3 is 2.62 bits per heavy atom. The first-order valence-electron chi connectivity index (χ1n) is 5.76. The zero-order valence-electron chi connectivity index (χ0n) is 9.92. The van der Waals surface area contributed by atoms with E-state index in [0.717, 1.165) is 31.7 Å². The first-order valence-corrected chi connectivity index (χ1v) is 5.76. The zero-order chi connectivity index (χ0) is 11.5. The highest BCUT2D eigenvalue weighted by atomic mass is 16.1. The Morgan fingerprint density at radius 2 is 2.00 bits per heavy atom. The Bertz CT molecular complexity index is 395. The summed E-state index contributed by atoms with van der Waals surface area (Å²) < 4.78 is 0. The number of aryl methyl sites for hydroxylation is 1. The highest BCUT2D eigenvalue weighted by Crippen LogP contribution is 2.22. The number of nitrogens with one attached hydrogen (secondary N) is 1. The van der Waals surface area contributed by atoms with Crippen LogP contribution in [-0.4, -0.2) is 32.0 Å². The van der Waals surface area contributed by atoms with Gasteiger partial charge in [-0.2, -0.15) is 0 Å². The highest BCUT2D eigenvalue weighted by Gasteiger charge is 2.13. The van der Waals surface area contributed by atoms with Crippen molar-refractivity contribution < 1.29 is 4.79 Å². The van der Waals surface area contributed by atoms with Crippen LogP contribution in [0, 0.1) is 6.92 Å². The van der Waals surface area contributed by atoms with Crippen LogP contribution in [0.4, 0.5) is 5.69 Å². The van der Waals surface area contributed by atoms with Crippen LogP contribution in [0.15, 0.2) is 18.2 Å². The van der Waals surface area contributed by atoms with Gasteiger partial charge in [-0.1, -0.05) is 12.1 Å². The van der Waals surface area contributed by atoms with Gasteiger partial charge in [-0.15, -0.1) is 0 Å². The molecule has 1 aromatic carbocycles. The average Bonchev–Trinajstić information content (AvgIpc) is 2.30. The Labute approximate surface area is 96.5 Å². The van der Waals surface area contributed by atoms with Gasteiger partial charge in [0, 0.05) is 37.4 Å². The Hall–Kier alpha value is -1.35. The second kappa shape index (κ2) is 4.66. The number of hydrogen-bond donors (Lipinski definition) is 1. The summed E-state index contributed by atoms with van der Waals surface area (Å²) in [5, 5.41) is 3.33. The predicted molar refractivity (Wildman–Crippen MR) is 66.3 cm³/mol. The van der Waals surface area contributed by atoms with E-state index in [1.807, 2.05) is 18.2 Å². The lowest BCUT2D eigenvalue weighted by molar-refractivity contribution is 0.101. The van der Waals surface area contributed by atoms with Gasteiger partial charge in [0.15, 0.2) is 5.78 Å². The van der Waals surface area contributed by atoms with Crippen LogP contribution >= 0.6 is 0 Å². The quantitative estimate of drug-likeness (QED) is 0.765. The lowest BCUT2D eigenvalue weighted by atomic mass is 10.1. The third-order valence-electron chi connectivity index (χ3n) is 3.07. The van der Waals surface area contributed by atoms with E-state index in [9.17, 15) is 4.79 Å². The molecule has 0 radical (unpaired) electrons. The van der Waals surface area contributed by atoms with Crippen LogP contribution in [0.25, 0.3) is 0 Å².